The minimum absolute atomic E-state index is 0.0217. The Balaban J connectivity index is 2.31. The third kappa shape index (κ3) is 2.90. The largest absolute Gasteiger partial charge is 0.465 e. The second-order valence-corrected chi connectivity index (χ2v) is 3.61. The van der Waals surface area contributed by atoms with Gasteiger partial charge in [-0.25, -0.2) is 4.79 Å². The van der Waals surface area contributed by atoms with Crippen LogP contribution in [0.2, 0.25) is 0 Å². The number of hydrogen-bond acceptors (Lipinski definition) is 2. The highest BCUT2D eigenvalue weighted by Crippen LogP contribution is 2.24. The molecule has 0 spiro atoms. The number of carboxylic acid groups (broad SMARTS) is 1. The van der Waals surface area contributed by atoms with Gasteiger partial charge in [-0.15, -0.1) is 0 Å². The van der Waals surface area contributed by atoms with E-state index in [-0.39, 0.29) is 17.9 Å². The summed E-state index contributed by atoms with van der Waals surface area (Å²) in [5, 5.41) is 13.6. The van der Waals surface area contributed by atoms with Crippen LogP contribution in [0.3, 0.4) is 0 Å². The Morgan fingerprint density at radius 1 is 1.21 bits per heavy atom. The Labute approximate surface area is 82.9 Å². The summed E-state index contributed by atoms with van der Waals surface area (Å²) in [5.41, 5.74) is 0. The fraction of sp³-hybridized carbons (Fsp3) is 0.778. The van der Waals surface area contributed by atoms with Crippen LogP contribution in [0.15, 0.2) is 0 Å². The van der Waals surface area contributed by atoms with Crippen LogP contribution >= 0.6 is 0 Å². The Hall–Kier alpha value is -1.26. The van der Waals surface area contributed by atoms with Crippen molar-refractivity contribution in [2.75, 3.05) is 7.05 Å². The fourth-order valence-corrected chi connectivity index (χ4v) is 1.88. The molecule has 1 aliphatic carbocycles. The van der Waals surface area contributed by atoms with Gasteiger partial charge in [0.15, 0.2) is 0 Å². The van der Waals surface area contributed by atoms with Crippen molar-refractivity contribution < 1.29 is 14.7 Å². The summed E-state index contributed by atoms with van der Waals surface area (Å²) in [7, 11) is 1.63. The molecule has 0 atom stereocenters. The summed E-state index contributed by atoms with van der Waals surface area (Å²) in [6, 6.07) is 0.0217. The monoisotopic (exact) mass is 200 g/mol. The van der Waals surface area contributed by atoms with Crippen LogP contribution in [0, 0.1) is 5.92 Å². The normalized spacial score (nSPS) is 26.6. The molecule has 0 radical (unpaired) electrons. The predicted octanol–water partition coefficient (Wildman–Crippen LogP) is 0.559. The average Bonchev–Trinajstić information content (AvgIpc) is 2.17. The van der Waals surface area contributed by atoms with Gasteiger partial charge in [-0.1, -0.05) is 0 Å². The molecule has 3 N–H and O–H groups in total. The van der Waals surface area contributed by atoms with Crippen LogP contribution in [0.25, 0.3) is 0 Å². The molecule has 1 aliphatic rings. The molecule has 5 heteroatoms. The zero-order valence-corrected chi connectivity index (χ0v) is 8.25. The van der Waals surface area contributed by atoms with E-state index in [1.165, 1.54) is 0 Å². The predicted molar refractivity (Wildman–Crippen MR) is 51.0 cm³/mol. The van der Waals surface area contributed by atoms with Crippen LogP contribution in [0.1, 0.15) is 25.7 Å². The number of carbonyl (C=O) groups excluding carboxylic acids is 1. The molecule has 0 saturated heterocycles. The lowest BCUT2D eigenvalue weighted by Gasteiger charge is -2.27. The molecular formula is C9H16N2O3. The molecule has 1 fully saturated rings. The first-order chi connectivity index (χ1) is 6.63. The number of amides is 2. The standard InChI is InChI=1S/C9H16N2O3/c1-10-8(12)6-2-4-7(5-3-6)11-9(13)14/h6-7,11H,2-5H2,1H3,(H,10,12)(H,13,14)/t6-,7-. The lowest BCUT2D eigenvalue weighted by molar-refractivity contribution is -0.125. The van der Waals surface area contributed by atoms with Gasteiger partial charge < -0.3 is 15.7 Å². The van der Waals surface area contributed by atoms with E-state index in [4.69, 9.17) is 5.11 Å². The van der Waals surface area contributed by atoms with Gasteiger partial charge in [-0.2, -0.15) is 0 Å². The summed E-state index contributed by atoms with van der Waals surface area (Å²) in [6.07, 6.45) is 2.07. The maximum atomic E-state index is 11.2. The molecule has 0 aliphatic heterocycles. The van der Waals surface area contributed by atoms with Gasteiger partial charge in [-0.05, 0) is 25.7 Å². The summed E-state index contributed by atoms with van der Waals surface area (Å²) in [4.78, 5) is 21.6. The van der Waals surface area contributed by atoms with E-state index in [9.17, 15) is 9.59 Å². The first-order valence-electron chi connectivity index (χ1n) is 4.84. The minimum atomic E-state index is -0.978. The van der Waals surface area contributed by atoms with Crippen molar-refractivity contribution >= 4 is 12.0 Å². The quantitative estimate of drug-likeness (QED) is 0.609. The van der Waals surface area contributed by atoms with Gasteiger partial charge in [0.25, 0.3) is 0 Å². The number of nitrogens with one attached hydrogen (secondary N) is 2. The fourth-order valence-electron chi connectivity index (χ4n) is 1.88. The molecule has 2 amide bonds. The van der Waals surface area contributed by atoms with Crippen molar-refractivity contribution in [1.82, 2.24) is 10.6 Å². The Morgan fingerprint density at radius 2 is 1.79 bits per heavy atom. The Bertz CT molecular complexity index is 222. The summed E-state index contributed by atoms with van der Waals surface area (Å²) < 4.78 is 0. The van der Waals surface area contributed by atoms with Crippen molar-refractivity contribution in [2.45, 2.75) is 31.7 Å². The average molecular weight is 200 g/mol. The zero-order valence-electron chi connectivity index (χ0n) is 8.25. The molecule has 80 valence electrons. The maximum Gasteiger partial charge on any atom is 0.404 e. The van der Waals surface area contributed by atoms with Crippen LogP contribution in [0.4, 0.5) is 4.79 Å². The molecule has 14 heavy (non-hydrogen) atoms. The second-order valence-electron chi connectivity index (χ2n) is 3.61. The molecule has 1 rings (SSSR count). The zero-order chi connectivity index (χ0) is 10.6. The highest BCUT2D eigenvalue weighted by molar-refractivity contribution is 5.78. The lowest BCUT2D eigenvalue weighted by Crippen LogP contribution is -2.39. The molecule has 0 aromatic heterocycles. The highest BCUT2D eigenvalue weighted by Gasteiger charge is 2.26. The third-order valence-corrected chi connectivity index (χ3v) is 2.67. The topological polar surface area (TPSA) is 78.4 Å². The van der Waals surface area contributed by atoms with Crippen LogP contribution < -0.4 is 10.6 Å². The van der Waals surface area contributed by atoms with Crippen LogP contribution in [-0.2, 0) is 4.79 Å². The van der Waals surface area contributed by atoms with Crippen LogP contribution in [-0.4, -0.2) is 30.2 Å². The Morgan fingerprint density at radius 3 is 2.21 bits per heavy atom. The highest BCUT2D eigenvalue weighted by atomic mass is 16.4. The maximum absolute atomic E-state index is 11.2. The molecule has 0 unspecified atom stereocenters. The molecule has 0 bridgehead atoms. The van der Waals surface area contributed by atoms with Gasteiger partial charge >= 0.3 is 6.09 Å². The minimum Gasteiger partial charge on any atom is -0.465 e. The SMILES string of the molecule is CNC(=O)[C@H]1CC[C@H](NC(=O)O)CC1. The third-order valence-electron chi connectivity index (χ3n) is 2.67. The number of hydrogen-bond donors (Lipinski definition) is 3. The first-order valence-corrected chi connectivity index (χ1v) is 4.84. The summed E-state index contributed by atoms with van der Waals surface area (Å²) in [6.45, 7) is 0. The van der Waals surface area contributed by atoms with Crippen LogP contribution in [0.5, 0.6) is 0 Å². The number of rotatable bonds is 2. The molecule has 0 heterocycles. The van der Waals surface area contributed by atoms with E-state index in [0.29, 0.717) is 0 Å². The van der Waals surface area contributed by atoms with Crippen molar-refractivity contribution in [3.05, 3.63) is 0 Å². The van der Waals surface area contributed by atoms with Gasteiger partial charge in [0.05, 0.1) is 0 Å². The summed E-state index contributed by atoms with van der Waals surface area (Å²) in [5.74, 6) is 0.130. The molecule has 0 aromatic carbocycles. The van der Waals surface area contributed by atoms with Crippen molar-refractivity contribution in [3.8, 4) is 0 Å². The van der Waals surface area contributed by atoms with E-state index in [1.807, 2.05) is 0 Å². The van der Waals surface area contributed by atoms with Crippen molar-refractivity contribution in [3.63, 3.8) is 0 Å². The Kier molecular flexibility index (Phi) is 3.73. The van der Waals surface area contributed by atoms with Crippen molar-refractivity contribution in [1.29, 1.82) is 0 Å². The van der Waals surface area contributed by atoms with Gasteiger partial charge in [0.2, 0.25) is 5.91 Å². The van der Waals surface area contributed by atoms with E-state index in [2.05, 4.69) is 10.6 Å². The van der Waals surface area contributed by atoms with E-state index in [0.717, 1.165) is 25.7 Å². The first kappa shape index (κ1) is 10.8. The van der Waals surface area contributed by atoms with Gasteiger partial charge in [0, 0.05) is 19.0 Å². The lowest BCUT2D eigenvalue weighted by atomic mass is 9.85. The van der Waals surface area contributed by atoms with Crippen molar-refractivity contribution in [2.24, 2.45) is 5.92 Å². The van der Waals surface area contributed by atoms with E-state index in [1.54, 1.807) is 7.05 Å². The summed E-state index contributed by atoms with van der Waals surface area (Å²) >= 11 is 0. The smallest absolute Gasteiger partial charge is 0.404 e. The van der Waals surface area contributed by atoms with Gasteiger partial charge in [0.1, 0.15) is 0 Å². The number of carbonyl (C=O) groups is 2. The van der Waals surface area contributed by atoms with E-state index >= 15 is 0 Å². The molecule has 1 saturated carbocycles. The molecule has 0 aromatic rings. The second kappa shape index (κ2) is 4.83. The molecule has 5 nitrogen and oxygen atoms in total. The molecular weight excluding hydrogens is 184 g/mol. The van der Waals surface area contributed by atoms with E-state index < -0.39 is 6.09 Å². The van der Waals surface area contributed by atoms with Gasteiger partial charge in [-0.3, -0.25) is 4.79 Å².